The molecule has 2 aromatic carbocycles. The zero-order valence-electron chi connectivity index (χ0n) is 15.7. The molecule has 7 heteroatoms. The van der Waals surface area contributed by atoms with Crippen LogP contribution in [0.15, 0.2) is 36.4 Å². The summed E-state index contributed by atoms with van der Waals surface area (Å²) < 4.78 is 23.7. The molecule has 0 fully saturated rings. The number of hydrogen-bond donors (Lipinski definition) is 1. The summed E-state index contributed by atoms with van der Waals surface area (Å²) in [7, 11) is 3.25. The lowest BCUT2D eigenvalue weighted by Gasteiger charge is -2.19. The van der Waals surface area contributed by atoms with Gasteiger partial charge >= 0.3 is 6.03 Å². The number of benzene rings is 2. The van der Waals surface area contributed by atoms with E-state index in [-0.39, 0.29) is 11.8 Å². The van der Waals surface area contributed by atoms with Crippen LogP contribution in [-0.4, -0.2) is 38.2 Å². The van der Waals surface area contributed by atoms with Gasteiger partial charge in [0, 0.05) is 20.1 Å². The molecule has 0 aromatic heterocycles. The third-order valence-electron chi connectivity index (χ3n) is 4.02. The Hall–Kier alpha value is -2.47. The van der Waals surface area contributed by atoms with Gasteiger partial charge in [-0.15, -0.1) is 0 Å². The van der Waals surface area contributed by atoms with Crippen molar-refractivity contribution in [2.75, 3.05) is 27.3 Å². The number of nitrogens with zero attached hydrogens (tertiary/aromatic N) is 1. The number of methoxy groups -OCH3 is 1. The Morgan fingerprint density at radius 2 is 1.93 bits per heavy atom. The SMILES string of the molecule is CCOc1c(Cl)cc(CNC(=O)N(C)CCc2ccc(F)cc2)cc1OC. The van der Waals surface area contributed by atoms with Crippen molar-refractivity contribution in [3.05, 3.63) is 58.4 Å². The van der Waals surface area contributed by atoms with Crippen molar-refractivity contribution in [2.24, 2.45) is 0 Å². The standard InChI is InChI=1S/C20H24ClFN2O3/c1-4-27-19-17(21)11-15(12-18(19)26-3)13-23-20(25)24(2)10-9-14-5-7-16(22)8-6-14/h5-8,11-12H,4,9-10,13H2,1-3H3,(H,23,25). The van der Waals surface area contributed by atoms with E-state index >= 15 is 0 Å². The third-order valence-corrected chi connectivity index (χ3v) is 4.30. The monoisotopic (exact) mass is 394 g/mol. The average Bonchev–Trinajstić information content (AvgIpc) is 2.67. The molecule has 0 atom stereocenters. The van der Waals surface area contributed by atoms with Gasteiger partial charge in [-0.05, 0) is 48.7 Å². The summed E-state index contributed by atoms with van der Waals surface area (Å²) in [6, 6.07) is 9.59. The van der Waals surface area contributed by atoms with E-state index in [2.05, 4.69) is 5.32 Å². The van der Waals surface area contributed by atoms with Crippen LogP contribution in [0.4, 0.5) is 9.18 Å². The van der Waals surface area contributed by atoms with E-state index in [1.165, 1.54) is 12.1 Å². The molecular weight excluding hydrogens is 371 g/mol. The maximum Gasteiger partial charge on any atom is 0.317 e. The number of urea groups is 1. The van der Waals surface area contributed by atoms with Crippen molar-refractivity contribution in [1.29, 1.82) is 0 Å². The summed E-state index contributed by atoms with van der Waals surface area (Å²) in [5.74, 6) is 0.751. The second-order valence-corrected chi connectivity index (χ2v) is 6.41. The summed E-state index contributed by atoms with van der Waals surface area (Å²) in [5.41, 5.74) is 1.78. The lowest BCUT2D eigenvalue weighted by atomic mass is 10.1. The first-order valence-corrected chi connectivity index (χ1v) is 9.05. The molecule has 0 spiro atoms. The molecule has 27 heavy (non-hydrogen) atoms. The van der Waals surface area contributed by atoms with Gasteiger partial charge < -0.3 is 19.7 Å². The van der Waals surface area contributed by atoms with Gasteiger partial charge in [-0.2, -0.15) is 0 Å². The number of carbonyl (C=O) groups excluding carboxylic acids is 1. The second-order valence-electron chi connectivity index (χ2n) is 6.00. The van der Waals surface area contributed by atoms with Gasteiger partial charge in [-0.1, -0.05) is 23.7 Å². The number of hydrogen-bond acceptors (Lipinski definition) is 3. The Balaban J connectivity index is 1.90. The van der Waals surface area contributed by atoms with Crippen molar-refractivity contribution in [3.63, 3.8) is 0 Å². The van der Waals surface area contributed by atoms with Crippen molar-refractivity contribution >= 4 is 17.6 Å². The molecule has 2 aromatic rings. The quantitative estimate of drug-likeness (QED) is 0.727. The Kier molecular flexibility index (Phi) is 7.73. The predicted octanol–water partition coefficient (Wildman–Crippen LogP) is 4.27. The molecule has 1 N–H and O–H groups in total. The molecule has 0 aliphatic carbocycles. The summed E-state index contributed by atoms with van der Waals surface area (Å²) >= 11 is 6.24. The average molecular weight is 395 g/mol. The maximum atomic E-state index is 12.9. The molecule has 2 amide bonds. The van der Waals surface area contributed by atoms with Crippen LogP contribution in [-0.2, 0) is 13.0 Å². The van der Waals surface area contributed by atoms with Crippen molar-refractivity contribution in [1.82, 2.24) is 10.2 Å². The van der Waals surface area contributed by atoms with E-state index in [0.29, 0.717) is 42.6 Å². The number of carbonyl (C=O) groups is 1. The topological polar surface area (TPSA) is 50.8 Å². The predicted molar refractivity (Wildman–Crippen MR) is 104 cm³/mol. The Morgan fingerprint density at radius 3 is 2.56 bits per heavy atom. The molecule has 0 saturated heterocycles. The molecule has 0 saturated carbocycles. The van der Waals surface area contributed by atoms with Crippen molar-refractivity contribution in [2.45, 2.75) is 19.9 Å². The van der Waals surface area contributed by atoms with Gasteiger partial charge in [0.05, 0.1) is 18.7 Å². The molecule has 0 bridgehead atoms. The number of halogens is 2. The maximum absolute atomic E-state index is 12.9. The molecule has 0 heterocycles. The fraction of sp³-hybridized carbons (Fsp3) is 0.350. The summed E-state index contributed by atoms with van der Waals surface area (Å²) in [5, 5.41) is 3.28. The number of likely N-dealkylation sites (N-methyl/N-ethyl adjacent to an activating group) is 1. The molecule has 0 aliphatic rings. The highest BCUT2D eigenvalue weighted by molar-refractivity contribution is 6.32. The van der Waals surface area contributed by atoms with E-state index in [4.69, 9.17) is 21.1 Å². The van der Waals surface area contributed by atoms with Crippen LogP contribution in [0.1, 0.15) is 18.1 Å². The molecule has 5 nitrogen and oxygen atoms in total. The highest BCUT2D eigenvalue weighted by atomic mass is 35.5. The van der Waals surface area contributed by atoms with Crippen LogP contribution in [0.2, 0.25) is 5.02 Å². The first kappa shape index (κ1) is 20.8. The number of amides is 2. The molecule has 0 unspecified atom stereocenters. The largest absolute Gasteiger partial charge is 0.493 e. The van der Waals surface area contributed by atoms with Crippen LogP contribution < -0.4 is 14.8 Å². The van der Waals surface area contributed by atoms with Gasteiger partial charge in [0.15, 0.2) is 11.5 Å². The van der Waals surface area contributed by atoms with Gasteiger partial charge in [-0.25, -0.2) is 9.18 Å². The van der Waals surface area contributed by atoms with Crippen LogP contribution in [0.25, 0.3) is 0 Å². The van der Waals surface area contributed by atoms with Crippen molar-refractivity contribution in [3.8, 4) is 11.5 Å². The summed E-state index contributed by atoms with van der Waals surface area (Å²) in [6.07, 6.45) is 0.646. The van der Waals surface area contributed by atoms with Gasteiger partial charge in [0.25, 0.3) is 0 Å². The Labute approximate surface area is 164 Å². The molecule has 146 valence electrons. The zero-order chi connectivity index (χ0) is 19.8. The first-order valence-electron chi connectivity index (χ1n) is 8.67. The van der Waals surface area contributed by atoms with Crippen LogP contribution in [0.3, 0.4) is 0 Å². The molecule has 0 radical (unpaired) electrons. The van der Waals surface area contributed by atoms with Crippen LogP contribution >= 0.6 is 11.6 Å². The molecule has 0 aliphatic heterocycles. The highest BCUT2D eigenvalue weighted by Gasteiger charge is 2.13. The lowest BCUT2D eigenvalue weighted by molar-refractivity contribution is 0.209. The van der Waals surface area contributed by atoms with E-state index in [1.807, 2.05) is 6.92 Å². The molecular formula is C20H24ClFN2O3. The van der Waals surface area contributed by atoms with Gasteiger partial charge in [0.1, 0.15) is 5.82 Å². The minimum atomic E-state index is -0.269. The minimum Gasteiger partial charge on any atom is -0.493 e. The number of rotatable bonds is 8. The van der Waals surface area contributed by atoms with Crippen LogP contribution in [0.5, 0.6) is 11.5 Å². The number of nitrogens with one attached hydrogen (secondary N) is 1. The van der Waals surface area contributed by atoms with E-state index in [0.717, 1.165) is 11.1 Å². The third kappa shape index (κ3) is 6.03. The van der Waals surface area contributed by atoms with E-state index in [1.54, 1.807) is 43.3 Å². The normalized spacial score (nSPS) is 10.4. The lowest BCUT2D eigenvalue weighted by Crippen LogP contribution is -2.38. The smallest absolute Gasteiger partial charge is 0.317 e. The summed E-state index contributed by atoms with van der Waals surface area (Å²) in [4.78, 5) is 13.8. The number of ether oxygens (including phenoxy) is 2. The van der Waals surface area contributed by atoms with Crippen molar-refractivity contribution < 1.29 is 18.7 Å². The van der Waals surface area contributed by atoms with Crippen LogP contribution in [0, 0.1) is 5.82 Å². The van der Waals surface area contributed by atoms with Gasteiger partial charge in [-0.3, -0.25) is 0 Å². The highest BCUT2D eigenvalue weighted by Crippen LogP contribution is 2.36. The van der Waals surface area contributed by atoms with E-state index < -0.39 is 0 Å². The fourth-order valence-electron chi connectivity index (χ4n) is 2.52. The minimum absolute atomic E-state index is 0.207. The zero-order valence-corrected chi connectivity index (χ0v) is 16.5. The molecule has 2 rings (SSSR count). The Bertz CT molecular complexity index is 769. The second kappa shape index (κ2) is 10.0. The first-order chi connectivity index (χ1) is 12.9. The summed E-state index contributed by atoms with van der Waals surface area (Å²) in [6.45, 7) is 3.17. The Morgan fingerprint density at radius 1 is 1.22 bits per heavy atom. The van der Waals surface area contributed by atoms with Gasteiger partial charge in [0.2, 0.25) is 0 Å². The fourth-order valence-corrected chi connectivity index (χ4v) is 2.81. The van der Waals surface area contributed by atoms with E-state index in [9.17, 15) is 9.18 Å².